The normalized spacial score (nSPS) is 12.2. The highest BCUT2D eigenvalue weighted by Gasteiger charge is 2.15. The fraction of sp³-hybridized carbons (Fsp3) is 0.286. The fourth-order valence-electron chi connectivity index (χ4n) is 2.10. The van der Waals surface area contributed by atoms with Crippen molar-refractivity contribution < 1.29 is 13.5 Å². The average Bonchev–Trinajstić information content (AvgIpc) is 2.49. The zero-order valence-corrected chi connectivity index (χ0v) is 13.8. The van der Waals surface area contributed by atoms with Crippen LogP contribution in [0.3, 0.4) is 0 Å². The van der Waals surface area contributed by atoms with E-state index in [9.17, 15) is 8.76 Å². The summed E-state index contributed by atoms with van der Waals surface area (Å²) in [7, 11) is 1.43. The molecule has 0 fully saturated rings. The molecular weight excluding hydrogens is 318 g/mol. The highest BCUT2D eigenvalue weighted by Crippen LogP contribution is 2.35. The Balaban J connectivity index is 2.55. The molecule has 2 rings (SSSR count). The minimum Gasteiger partial charge on any atom is -0.768 e. The van der Waals surface area contributed by atoms with Crippen molar-refractivity contribution in [3.63, 3.8) is 0 Å². The molecule has 0 radical (unpaired) electrons. The number of benzene rings is 1. The van der Waals surface area contributed by atoms with Gasteiger partial charge in [-0.15, -0.1) is 0 Å². The molecule has 0 spiro atoms. The van der Waals surface area contributed by atoms with Gasteiger partial charge in [0.1, 0.15) is 11.4 Å². The van der Waals surface area contributed by atoms with Crippen molar-refractivity contribution in [2.24, 2.45) is 0 Å². The predicted octanol–water partition coefficient (Wildman–Crippen LogP) is 1.75. The molecule has 0 aliphatic rings. The van der Waals surface area contributed by atoms with Gasteiger partial charge in [-0.3, -0.25) is 4.21 Å². The average molecular weight is 336 g/mol. The summed E-state index contributed by atoms with van der Waals surface area (Å²) in [5.74, 6) is 0.645. The summed E-state index contributed by atoms with van der Waals surface area (Å²) in [6, 6.07) is 3.18. The van der Waals surface area contributed by atoms with Crippen LogP contribution in [0.5, 0.6) is 5.75 Å². The Morgan fingerprint density at radius 1 is 1.30 bits per heavy atom. The molecule has 1 unspecified atom stereocenters. The molecule has 5 N–H and O–H groups in total. The zero-order chi connectivity index (χ0) is 17.1. The van der Waals surface area contributed by atoms with Gasteiger partial charge in [0.15, 0.2) is 5.82 Å². The molecule has 1 atom stereocenters. The van der Waals surface area contributed by atoms with Gasteiger partial charge in [0.2, 0.25) is 5.95 Å². The van der Waals surface area contributed by atoms with E-state index in [-0.39, 0.29) is 28.3 Å². The molecule has 0 saturated heterocycles. The molecule has 0 bridgehead atoms. The largest absolute Gasteiger partial charge is 0.768 e. The van der Waals surface area contributed by atoms with E-state index in [1.165, 1.54) is 19.4 Å². The monoisotopic (exact) mass is 336 g/mol. The summed E-state index contributed by atoms with van der Waals surface area (Å²) in [4.78, 5) is 7.80. The van der Waals surface area contributed by atoms with Gasteiger partial charge in [-0.1, -0.05) is 13.8 Å². The van der Waals surface area contributed by atoms with E-state index in [4.69, 9.17) is 16.2 Å². The molecule has 0 saturated carbocycles. The molecule has 23 heavy (non-hydrogen) atoms. The van der Waals surface area contributed by atoms with Crippen molar-refractivity contribution in [2.45, 2.75) is 24.7 Å². The number of hydrogen-bond acceptors (Lipinski definition) is 8. The summed E-state index contributed by atoms with van der Waals surface area (Å²) in [5, 5.41) is 3.06. The summed E-state index contributed by atoms with van der Waals surface area (Å²) < 4.78 is 28.0. The first-order valence-corrected chi connectivity index (χ1v) is 7.87. The molecule has 1 aromatic carbocycles. The summed E-state index contributed by atoms with van der Waals surface area (Å²) in [6.45, 7) is 3.97. The van der Waals surface area contributed by atoms with Gasteiger partial charge < -0.3 is 26.1 Å². The lowest BCUT2D eigenvalue weighted by Gasteiger charge is -2.20. The fourth-order valence-corrected chi connectivity index (χ4v) is 2.62. The van der Waals surface area contributed by atoms with Crippen LogP contribution in [0.1, 0.15) is 25.3 Å². The Hall–Kier alpha value is -2.39. The van der Waals surface area contributed by atoms with E-state index in [1.54, 1.807) is 6.07 Å². The molecule has 0 aliphatic carbocycles. The third-order valence-electron chi connectivity index (χ3n) is 3.24. The Bertz CT molecular complexity index is 751. The van der Waals surface area contributed by atoms with E-state index in [0.717, 1.165) is 5.56 Å². The van der Waals surface area contributed by atoms with Crippen LogP contribution in [0.15, 0.2) is 23.2 Å². The van der Waals surface area contributed by atoms with E-state index in [0.29, 0.717) is 11.4 Å². The summed E-state index contributed by atoms with van der Waals surface area (Å²) >= 11 is -2.44. The lowest BCUT2D eigenvalue weighted by Crippen LogP contribution is -2.07. The number of nitrogen functional groups attached to an aromatic ring is 2. The van der Waals surface area contributed by atoms with Gasteiger partial charge in [0.25, 0.3) is 0 Å². The number of ether oxygens (including phenoxy) is 1. The first-order chi connectivity index (χ1) is 10.8. The van der Waals surface area contributed by atoms with Crippen molar-refractivity contribution >= 4 is 34.2 Å². The van der Waals surface area contributed by atoms with Gasteiger partial charge >= 0.3 is 0 Å². The van der Waals surface area contributed by atoms with Crippen LogP contribution >= 0.6 is 0 Å². The smallest absolute Gasteiger partial charge is 0.222 e. The highest BCUT2D eigenvalue weighted by atomic mass is 32.2. The van der Waals surface area contributed by atoms with Crippen molar-refractivity contribution in [1.29, 1.82) is 0 Å². The van der Waals surface area contributed by atoms with E-state index >= 15 is 0 Å². The van der Waals surface area contributed by atoms with Crippen LogP contribution in [0, 0.1) is 0 Å². The minimum absolute atomic E-state index is 0.0503. The van der Waals surface area contributed by atoms with Gasteiger partial charge in [0.05, 0.1) is 18.2 Å². The molecular formula is C14H18N5O3S-. The lowest BCUT2D eigenvalue weighted by molar-refractivity contribution is 0.400. The van der Waals surface area contributed by atoms with Gasteiger partial charge in [-0.25, -0.2) is 4.98 Å². The van der Waals surface area contributed by atoms with Crippen molar-refractivity contribution in [2.75, 3.05) is 23.9 Å². The van der Waals surface area contributed by atoms with Gasteiger partial charge in [-0.05, 0) is 34.7 Å². The number of nitrogens with one attached hydrogen (secondary N) is 1. The maximum absolute atomic E-state index is 11.4. The molecule has 1 aromatic heterocycles. The second-order valence-electron chi connectivity index (χ2n) is 5.13. The molecule has 0 amide bonds. The zero-order valence-electron chi connectivity index (χ0n) is 13.0. The number of methoxy groups -OCH3 is 1. The molecule has 1 heterocycles. The van der Waals surface area contributed by atoms with Crippen molar-refractivity contribution in [3.05, 3.63) is 23.9 Å². The predicted molar refractivity (Wildman–Crippen MR) is 88.4 cm³/mol. The standard InChI is InChI=1S/C14H19N5O3S/c1-7(2)8-4-11(22-3)12(23(20)21)5-9(8)18-10-6-17-14(16)19-13(10)15/h4-7,18H,1-3H3,(H,20,21)(H4,15,16,17,19)/p-1. The number of hydrogen-bond donors (Lipinski definition) is 3. The molecule has 9 heteroatoms. The second-order valence-corrected chi connectivity index (χ2v) is 6.04. The number of nitrogens with two attached hydrogens (primary N) is 2. The van der Waals surface area contributed by atoms with Gasteiger partial charge in [-0.2, -0.15) is 4.98 Å². The molecule has 0 aliphatic heterocycles. The van der Waals surface area contributed by atoms with E-state index in [2.05, 4.69) is 15.3 Å². The van der Waals surface area contributed by atoms with E-state index in [1.807, 2.05) is 13.8 Å². The number of anilines is 4. The van der Waals surface area contributed by atoms with Crippen LogP contribution in [0.4, 0.5) is 23.1 Å². The van der Waals surface area contributed by atoms with Crippen LogP contribution in [0.2, 0.25) is 0 Å². The Morgan fingerprint density at radius 3 is 2.52 bits per heavy atom. The second kappa shape index (κ2) is 6.80. The Morgan fingerprint density at radius 2 is 2.00 bits per heavy atom. The maximum atomic E-state index is 11.4. The van der Waals surface area contributed by atoms with Crippen molar-refractivity contribution in [1.82, 2.24) is 9.97 Å². The number of rotatable bonds is 5. The van der Waals surface area contributed by atoms with Crippen LogP contribution in [0.25, 0.3) is 0 Å². The first-order valence-electron chi connectivity index (χ1n) is 6.79. The maximum Gasteiger partial charge on any atom is 0.222 e. The minimum atomic E-state index is -2.44. The quantitative estimate of drug-likeness (QED) is 0.702. The molecule has 124 valence electrons. The van der Waals surface area contributed by atoms with Crippen molar-refractivity contribution in [3.8, 4) is 5.75 Å². The Kier molecular flexibility index (Phi) is 5.02. The summed E-state index contributed by atoms with van der Waals surface area (Å²) in [5.41, 5.74) is 13.2. The Labute approximate surface area is 136 Å². The third-order valence-corrected chi connectivity index (χ3v) is 3.92. The first kappa shape index (κ1) is 17.0. The van der Waals surface area contributed by atoms with Gasteiger partial charge in [0, 0.05) is 5.69 Å². The number of nitrogens with zero attached hydrogens (tertiary/aromatic N) is 2. The number of aromatic nitrogens is 2. The molecule has 8 nitrogen and oxygen atoms in total. The molecule has 2 aromatic rings. The third kappa shape index (κ3) is 3.69. The van der Waals surface area contributed by atoms with E-state index < -0.39 is 11.1 Å². The van der Waals surface area contributed by atoms with Crippen LogP contribution in [-0.2, 0) is 11.1 Å². The topological polar surface area (TPSA) is 139 Å². The highest BCUT2D eigenvalue weighted by molar-refractivity contribution is 7.79. The lowest BCUT2D eigenvalue weighted by atomic mass is 10.0. The summed E-state index contributed by atoms with van der Waals surface area (Å²) in [6.07, 6.45) is 1.44. The van der Waals surface area contributed by atoms with Crippen LogP contribution in [-0.4, -0.2) is 25.8 Å². The SMILES string of the molecule is COc1cc(C(C)C)c(Nc2cnc(N)nc2N)cc1S(=O)[O-]. The van der Waals surface area contributed by atoms with Crippen LogP contribution < -0.4 is 21.5 Å².